The molecule has 0 spiro atoms. The Hall–Kier alpha value is -1.22. The average Bonchev–Trinajstić information content (AvgIpc) is 2.38. The summed E-state index contributed by atoms with van der Waals surface area (Å²) in [5.41, 5.74) is 6.71. The topological polar surface area (TPSA) is 44.5 Å². The summed E-state index contributed by atoms with van der Waals surface area (Å²) in [4.78, 5) is 0. The molecule has 0 saturated heterocycles. The van der Waals surface area contributed by atoms with Crippen LogP contribution >= 0.6 is 0 Å². The van der Waals surface area contributed by atoms with Crippen LogP contribution in [0.15, 0.2) is 18.2 Å². The van der Waals surface area contributed by atoms with Crippen molar-refractivity contribution in [3.8, 4) is 11.5 Å². The van der Waals surface area contributed by atoms with Gasteiger partial charge >= 0.3 is 0 Å². The van der Waals surface area contributed by atoms with Crippen molar-refractivity contribution in [1.29, 1.82) is 0 Å². The second-order valence-corrected chi connectivity index (χ2v) is 5.85. The van der Waals surface area contributed by atoms with Gasteiger partial charge in [-0.3, -0.25) is 0 Å². The predicted octanol–water partition coefficient (Wildman–Crippen LogP) is 3.36. The maximum absolute atomic E-state index is 6.15. The number of rotatable bonds is 4. The van der Waals surface area contributed by atoms with Gasteiger partial charge in [0.05, 0.1) is 13.2 Å². The number of nitrogens with two attached hydrogens (primary N) is 1. The van der Waals surface area contributed by atoms with Gasteiger partial charge in [-0.15, -0.1) is 0 Å². The first-order chi connectivity index (χ1) is 9.12. The molecule has 0 radical (unpaired) electrons. The van der Waals surface area contributed by atoms with Gasteiger partial charge in [0, 0.05) is 6.54 Å². The summed E-state index contributed by atoms with van der Waals surface area (Å²) in [6.07, 6.45) is 3.87. The Labute approximate surface area is 116 Å². The Kier molecular flexibility index (Phi) is 4.70. The number of benzene rings is 1. The SMILES string of the molecule is COc1cc(CN)ccc1OC1CC(C)CC(C)C1. The van der Waals surface area contributed by atoms with Crippen LogP contribution in [-0.2, 0) is 6.54 Å². The van der Waals surface area contributed by atoms with Crippen molar-refractivity contribution in [3.05, 3.63) is 23.8 Å². The van der Waals surface area contributed by atoms with Crippen LogP contribution in [0.4, 0.5) is 0 Å². The van der Waals surface area contributed by atoms with Crippen molar-refractivity contribution in [3.63, 3.8) is 0 Å². The normalized spacial score (nSPS) is 27.1. The molecule has 1 aromatic rings. The average molecular weight is 263 g/mol. The zero-order valence-electron chi connectivity index (χ0n) is 12.2. The van der Waals surface area contributed by atoms with Crippen LogP contribution in [0.1, 0.15) is 38.7 Å². The molecule has 2 rings (SSSR count). The van der Waals surface area contributed by atoms with E-state index < -0.39 is 0 Å². The van der Waals surface area contributed by atoms with Crippen LogP contribution in [0, 0.1) is 11.8 Å². The van der Waals surface area contributed by atoms with Gasteiger partial charge in [0.25, 0.3) is 0 Å². The Morgan fingerprint density at radius 2 is 1.79 bits per heavy atom. The minimum Gasteiger partial charge on any atom is -0.493 e. The predicted molar refractivity (Wildman–Crippen MR) is 77.5 cm³/mol. The third kappa shape index (κ3) is 3.63. The molecule has 1 aliphatic carbocycles. The maximum Gasteiger partial charge on any atom is 0.161 e. The van der Waals surface area contributed by atoms with Gasteiger partial charge in [0.2, 0.25) is 0 Å². The van der Waals surface area contributed by atoms with Gasteiger partial charge in [-0.2, -0.15) is 0 Å². The lowest BCUT2D eigenvalue weighted by Gasteiger charge is -2.32. The fourth-order valence-electron chi connectivity index (χ4n) is 3.09. The molecule has 106 valence electrons. The third-order valence-corrected chi connectivity index (χ3v) is 3.89. The Morgan fingerprint density at radius 1 is 1.11 bits per heavy atom. The Morgan fingerprint density at radius 3 is 2.37 bits per heavy atom. The summed E-state index contributed by atoms with van der Waals surface area (Å²) in [6, 6.07) is 5.95. The summed E-state index contributed by atoms with van der Waals surface area (Å²) < 4.78 is 11.6. The third-order valence-electron chi connectivity index (χ3n) is 3.89. The highest BCUT2D eigenvalue weighted by molar-refractivity contribution is 5.43. The van der Waals surface area contributed by atoms with Crippen LogP contribution in [0.5, 0.6) is 11.5 Å². The van der Waals surface area contributed by atoms with Gasteiger partial charge in [0.1, 0.15) is 0 Å². The number of hydrogen-bond acceptors (Lipinski definition) is 3. The molecule has 1 fully saturated rings. The summed E-state index contributed by atoms with van der Waals surface area (Å²) in [5.74, 6) is 3.10. The molecule has 2 atom stereocenters. The fourth-order valence-corrected chi connectivity index (χ4v) is 3.09. The first kappa shape index (κ1) is 14.2. The van der Waals surface area contributed by atoms with E-state index in [2.05, 4.69) is 13.8 Å². The monoisotopic (exact) mass is 263 g/mol. The van der Waals surface area contributed by atoms with Crippen LogP contribution in [0.25, 0.3) is 0 Å². The van der Waals surface area contributed by atoms with Crippen LogP contribution < -0.4 is 15.2 Å². The number of methoxy groups -OCH3 is 1. The van der Waals surface area contributed by atoms with Crippen molar-refractivity contribution in [2.45, 2.75) is 45.8 Å². The Bertz CT molecular complexity index is 409. The molecule has 0 aromatic heterocycles. The lowest BCUT2D eigenvalue weighted by Crippen LogP contribution is -2.28. The van der Waals surface area contributed by atoms with Gasteiger partial charge < -0.3 is 15.2 Å². The molecule has 1 aliphatic rings. The zero-order valence-corrected chi connectivity index (χ0v) is 12.2. The van der Waals surface area contributed by atoms with Crippen molar-refractivity contribution >= 4 is 0 Å². The highest BCUT2D eigenvalue weighted by Gasteiger charge is 2.25. The van der Waals surface area contributed by atoms with Crippen molar-refractivity contribution in [2.24, 2.45) is 17.6 Å². The summed E-state index contributed by atoms with van der Waals surface area (Å²) in [7, 11) is 1.68. The standard InChI is InChI=1S/C16H25NO2/c1-11-6-12(2)8-14(7-11)19-15-5-4-13(10-17)9-16(15)18-3/h4-5,9,11-12,14H,6-8,10,17H2,1-3H3. The minimum absolute atomic E-state index is 0.302. The van der Waals surface area contributed by atoms with E-state index in [1.165, 1.54) is 6.42 Å². The van der Waals surface area contributed by atoms with Crippen molar-refractivity contribution in [2.75, 3.05) is 7.11 Å². The summed E-state index contributed by atoms with van der Waals surface area (Å²) >= 11 is 0. The van der Waals surface area contributed by atoms with Crippen LogP contribution in [0.3, 0.4) is 0 Å². The Balaban J connectivity index is 2.09. The molecule has 0 aliphatic heterocycles. The van der Waals surface area contributed by atoms with Gasteiger partial charge in [-0.25, -0.2) is 0 Å². The summed E-state index contributed by atoms with van der Waals surface area (Å²) in [5, 5.41) is 0. The zero-order chi connectivity index (χ0) is 13.8. The van der Waals surface area contributed by atoms with Crippen LogP contribution in [0.2, 0.25) is 0 Å². The van der Waals surface area contributed by atoms with E-state index in [4.69, 9.17) is 15.2 Å². The lowest BCUT2D eigenvalue weighted by atomic mass is 9.82. The van der Waals surface area contributed by atoms with Gasteiger partial charge in [-0.1, -0.05) is 19.9 Å². The van der Waals surface area contributed by atoms with Gasteiger partial charge in [-0.05, 0) is 48.8 Å². The molecule has 2 unspecified atom stereocenters. The first-order valence-electron chi connectivity index (χ1n) is 7.16. The smallest absolute Gasteiger partial charge is 0.161 e. The molecule has 3 nitrogen and oxygen atoms in total. The van der Waals surface area contributed by atoms with Crippen molar-refractivity contribution < 1.29 is 9.47 Å². The minimum atomic E-state index is 0.302. The second-order valence-electron chi connectivity index (χ2n) is 5.85. The molecule has 2 N–H and O–H groups in total. The molecule has 3 heteroatoms. The van der Waals surface area contributed by atoms with E-state index in [-0.39, 0.29) is 0 Å². The maximum atomic E-state index is 6.15. The highest BCUT2D eigenvalue weighted by atomic mass is 16.5. The number of hydrogen-bond donors (Lipinski definition) is 1. The van der Waals surface area contributed by atoms with E-state index in [9.17, 15) is 0 Å². The quantitative estimate of drug-likeness (QED) is 0.906. The summed E-state index contributed by atoms with van der Waals surface area (Å²) in [6.45, 7) is 5.13. The molecule has 0 amide bonds. The van der Waals surface area contributed by atoms with Crippen LogP contribution in [-0.4, -0.2) is 13.2 Å². The van der Waals surface area contributed by atoms with E-state index >= 15 is 0 Å². The molecule has 0 heterocycles. The largest absolute Gasteiger partial charge is 0.493 e. The fraction of sp³-hybridized carbons (Fsp3) is 0.625. The van der Waals surface area contributed by atoms with E-state index in [1.807, 2.05) is 18.2 Å². The first-order valence-corrected chi connectivity index (χ1v) is 7.16. The lowest BCUT2D eigenvalue weighted by molar-refractivity contribution is 0.0979. The van der Waals surface area contributed by atoms with Crippen molar-refractivity contribution in [1.82, 2.24) is 0 Å². The molecular weight excluding hydrogens is 238 g/mol. The number of ether oxygens (including phenoxy) is 2. The molecular formula is C16H25NO2. The van der Waals surface area contributed by atoms with Gasteiger partial charge in [0.15, 0.2) is 11.5 Å². The molecule has 0 bridgehead atoms. The molecule has 1 saturated carbocycles. The van der Waals surface area contributed by atoms with E-state index in [0.29, 0.717) is 12.6 Å². The highest BCUT2D eigenvalue weighted by Crippen LogP contribution is 2.35. The second kappa shape index (κ2) is 6.29. The molecule has 19 heavy (non-hydrogen) atoms. The molecule has 1 aromatic carbocycles. The van der Waals surface area contributed by atoms with E-state index in [1.54, 1.807) is 7.11 Å². The van der Waals surface area contributed by atoms with E-state index in [0.717, 1.165) is 41.7 Å².